The molecule has 21 heavy (non-hydrogen) atoms. The van der Waals surface area contributed by atoms with Gasteiger partial charge in [0.1, 0.15) is 0 Å². The zero-order valence-corrected chi connectivity index (χ0v) is 12.0. The molecule has 0 aromatic heterocycles. The molecule has 1 heterocycles. The highest BCUT2D eigenvalue weighted by Crippen LogP contribution is 2.31. The predicted octanol–water partition coefficient (Wildman–Crippen LogP) is -0.148. The van der Waals surface area contributed by atoms with Crippen LogP contribution in [0.3, 0.4) is 0 Å². The monoisotopic (exact) mass is 298 g/mol. The topological polar surface area (TPSA) is 95.9 Å². The number of nitrogens with zero attached hydrogens (tertiary/aromatic N) is 1. The summed E-state index contributed by atoms with van der Waals surface area (Å²) in [5.74, 6) is -2.19. The van der Waals surface area contributed by atoms with E-state index in [1.54, 1.807) is 4.90 Å². The van der Waals surface area contributed by atoms with Gasteiger partial charge in [0.05, 0.1) is 25.0 Å². The Morgan fingerprint density at radius 2 is 1.81 bits per heavy atom. The lowest BCUT2D eigenvalue weighted by atomic mass is 9.95. The van der Waals surface area contributed by atoms with Crippen LogP contribution in [0.5, 0.6) is 0 Å². The van der Waals surface area contributed by atoms with Crippen molar-refractivity contribution in [2.24, 2.45) is 11.8 Å². The van der Waals surface area contributed by atoms with Crippen molar-refractivity contribution in [3.05, 3.63) is 0 Å². The molecule has 1 aliphatic carbocycles. The lowest BCUT2D eigenvalue weighted by molar-refractivity contribution is -0.146. The number of carboxylic acid groups (broad SMARTS) is 1. The van der Waals surface area contributed by atoms with E-state index in [1.807, 2.05) is 0 Å². The Bertz CT molecular complexity index is 406. The molecule has 2 fully saturated rings. The molecule has 2 unspecified atom stereocenters. The number of hydrogen-bond donors (Lipinski definition) is 2. The summed E-state index contributed by atoms with van der Waals surface area (Å²) in [6.07, 6.45) is 2.18. The fourth-order valence-corrected chi connectivity index (χ4v) is 2.96. The SMILES string of the molecule is O=C(O)C1CCCC1C(=O)NCCC(=O)N1CCOCC1. The van der Waals surface area contributed by atoms with Gasteiger partial charge in [0, 0.05) is 26.1 Å². The molecule has 2 rings (SSSR count). The van der Waals surface area contributed by atoms with Gasteiger partial charge in [-0.3, -0.25) is 14.4 Å². The molecule has 2 aliphatic rings. The number of carbonyl (C=O) groups excluding carboxylic acids is 2. The van der Waals surface area contributed by atoms with Gasteiger partial charge in [0.25, 0.3) is 0 Å². The molecule has 1 saturated carbocycles. The molecule has 118 valence electrons. The molecular weight excluding hydrogens is 276 g/mol. The normalized spacial score (nSPS) is 25.6. The van der Waals surface area contributed by atoms with Crippen LogP contribution in [0.2, 0.25) is 0 Å². The summed E-state index contributed by atoms with van der Waals surface area (Å²) in [5.41, 5.74) is 0. The number of nitrogens with one attached hydrogen (secondary N) is 1. The first-order chi connectivity index (χ1) is 10.1. The molecule has 2 atom stereocenters. The van der Waals surface area contributed by atoms with Crippen molar-refractivity contribution in [2.75, 3.05) is 32.8 Å². The molecule has 0 aromatic carbocycles. The van der Waals surface area contributed by atoms with Gasteiger partial charge in [-0.15, -0.1) is 0 Å². The second kappa shape index (κ2) is 7.40. The Balaban J connectivity index is 1.71. The smallest absolute Gasteiger partial charge is 0.307 e. The zero-order valence-electron chi connectivity index (χ0n) is 12.0. The van der Waals surface area contributed by atoms with Crippen LogP contribution in [-0.4, -0.2) is 60.6 Å². The van der Waals surface area contributed by atoms with E-state index in [4.69, 9.17) is 9.84 Å². The van der Waals surface area contributed by atoms with E-state index in [2.05, 4.69) is 5.32 Å². The van der Waals surface area contributed by atoms with Crippen molar-refractivity contribution in [1.29, 1.82) is 0 Å². The fourth-order valence-electron chi connectivity index (χ4n) is 2.96. The van der Waals surface area contributed by atoms with Gasteiger partial charge in [-0.05, 0) is 12.8 Å². The van der Waals surface area contributed by atoms with Crippen LogP contribution in [0, 0.1) is 11.8 Å². The number of amides is 2. The Hall–Kier alpha value is -1.63. The highest BCUT2D eigenvalue weighted by molar-refractivity contribution is 5.85. The Morgan fingerprint density at radius 1 is 1.14 bits per heavy atom. The summed E-state index contributed by atoms with van der Waals surface area (Å²) < 4.78 is 5.18. The molecule has 1 aliphatic heterocycles. The number of morpholine rings is 1. The number of carboxylic acids is 1. The van der Waals surface area contributed by atoms with Gasteiger partial charge < -0.3 is 20.1 Å². The van der Waals surface area contributed by atoms with Crippen molar-refractivity contribution < 1.29 is 24.2 Å². The number of rotatable bonds is 5. The van der Waals surface area contributed by atoms with Crippen molar-refractivity contribution in [1.82, 2.24) is 10.2 Å². The van der Waals surface area contributed by atoms with Crippen LogP contribution in [-0.2, 0) is 19.1 Å². The van der Waals surface area contributed by atoms with Crippen LogP contribution in [0.25, 0.3) is 0 Å². The number of ether oxygens (including phenoxy) is 1. The summed E-state index contributed by atoms with van der Waals surface area (Å²) in [6, 6.07) is 0. The molecule has 0 radical (unpaired) electrons. The molecule has 0 bridgehead atoms. The highest BCUT2D eigenvalue weighted by atomic mass is 16.5. The second-order valence-electron chi connectivity index (χ2n) is 5.52. The van der Waals surface area contributed by atoms with Crippen LogP contribution in [0.15, 0.2) is 0 Å². The second-order valence-corrected chi connectivity index (χ2v) is 5.52. The van der Waals surface area contributed by atoms with E-state index >= 15 is 0 Å². The third-order valence-electron chi connectivity index (χ3n) is 4.17. The number of carbonyl (C=O) groups is 3. The lowest BCUT2D eigenvalue weighted by Crippen LogP contribution is -2.42. The standard InChI is InChI=1S/C14H22N2O5/c17-12(16-6-8-21-9-7-16)4-5-15-13(18)10-2-1-3-11(10)14(19)20/h10-11H,1-9H2,(H,15,18)(H,19,20). The first-order valence-corrected chi connectivity index (χ1v) is 7.45. The van der Waals surface area contributed by atoms with E-state index in [9.17, 15) is 14.4 Å². The highest BCUT2D eigenvalue weighted by Gasteiger charge is 2.37. The van der Waals surface area contributed by atoms with Crippen LogP contribution < -0.4 is 5.32 Å². The maximum Gasteiger partial charge on any atom is 0.307 e. The van der Waals surface area contributed by atoms with E-state index in [0.29, 0.717) is 39.1 Å². The largest absolute Gasteiger partial charge is 0.481 e. The molecule has 1 saturated heterocycles. The van der Waals surface area contributed by atoms with Gasteiger partial charge in [-0.2, -0.15) is 0 Å². The van der Waals surface area contributed by atoms with Crippen LogP contribution in [0.4, 0.5) is 0 Å². The van der Waals surface area contributed by atoms with Gasteiger partial charge in [0.15, 0.2) is 0 Å². The summed E-state index contributed by atoms with van der Waals surface area (Å²) in [6.45, 7) is 2.56. The Labute approximate surface area is 123 Å². The van der Waals surface area contributed by atoms with Crippen molar-refractivity contribution >= 4 is 17.8 Å². The maximum absolute atomic E-state index is 12.0. The Kier molecular flexibility index (Phi) is 5.55. The maximum atomic E-state index is 12.0. The zero-order chi connectivity index (χ0) is 15.2. The molecule has 2 amide bonds. The average molecular weight is 298 g/mol. The van der Waals surface area contributed by atoms with E-state index in [0.717, 1.165) is 6.42 Å². The summed E-state index contributed by atoms with van der Waals surface area (Å²) in [5, 5.41) is 11.8. The molecule has 2 N–H and O–H groups in total. The molecule has 0 spiro atoms. The minimum atomic E-state index is -0.906. The van der Waals surface area contributed by atoms with Gasteiger partial charge in [0.2, 0.25) is 11.8 Å². The lowest BCUT2D eigenvalue weighted by Gasteiger charge is -2.27. The first kappa shape index (κ1) is 15.8. The number of aliphatic carboxylic acids is 1. The molecular formula is C14H22N2O5. The van der Waals surface area contributed by atoms with Crippen molar-refractivity contribution in [3.63, 3.8) is 0 Å². The fraction of sp³-hybridized carbons (Fsp3) is 0.786. The summed E-state index contributed by atoms with van der Waals surface area (Å²) in [7, 11) is 0. The Morgan fingerprint density at radius 3 is 2.48 bits per heavy atom. The van der Waals surface area contributed by atoms with Crippen molar-refractivity contribution in [3.8, 4) is 0 Å². The van der Waals surface area contributed by atoms with E-state index < -0.39 is 17.8 Å². The quantitative estimate of drug-likeness (QED) is 0.736. The molecule has 7 heteroatoms. The molecule has 7 nitrogen and oxygen atoms in total. The first-order valence-electron chi connectivity index (χ1n) is 7.45. The minimum absolute atomic E-state index is 0.000179. The predicted molar refractivity (Wildman–Crippen MR) is 73.5 cm³/mol. The van der Waals surface area contributed by atoms with Gasteiger partial charge >= 0.3 is 5.97 Å². The van der Waals surface area contributed by atoms with E-state index in [-0.39, 0.29) is 24.8 Å². The molecule has 0 aromatic rings. The third-order valence-corrected chi connectivity index (χ3v) is 4.17. The van der Waals surface area contributed by atoms with Crippen LogP contribution >= 0.6 is 0 Å². The minimum Gasteiger partial charge on any atom is -0.481 e. The summed E-state index contributed by atoms with van der Waals surface area (Å²) in [4.78, 5) is 36.7. The average Bonchev–Trinajstić information content (AvgIpc) is 2.97. The van der Waals surface area contributed by atoms with Gasteiger partial charge in [-0.25, -0.2) is 0 Å². The van der Waals surface area contributed by atoms with E-state index in [1.165, 1.54) is 0 Å². The number of hydrogen-bond acceptors (Lipinski definition) is 4. The van der Waals surface area contributed by atoms with Gasteiger partial charge in [-0.1, -0.05) is 6.42 Å². The van der Waals surface area contributed by atoms with Crippen molar-refractivity contribution in [2.45, 2.75) is 25.7 Å². The third kappa shape index (κ3) is 4.17. The van der Waals surface area contributed by atoms with Crippen LogP contribution in [0.1, 0.15) is 25.7 Å². The summed E-state index contributed by atoms with van der Waals surface area (Å²) >= 11 is 0.